The van der Waals surface area contributed by atoms with E-state index in [0.29, 0.717) is 24.5 Å². The van der Waals surface area contributed by atoms with Crippen LogP contribution in [0.2, 0.25) is 0 Å². The fourth-order valence-corrected chi connectivity index (χ4v) is 3.86. The maximum absolute atomic E-state index is 12.3. The summed E-state index contributed by atoms with van der Waals surface area (Å²) in [6, 6.07) is 0.355. The van der Waals surface area contributed by atoms with Crippen LogP contribution in [0.25, 0.3) is 0 Å². The second kappa shape index (κ2) is 7.44. The van der Waals surface area contributed by atoms with Crippen LogP contribution in [-0.2, 0) is 4.79 Å². The van der Waals surface area contributed by atoms with Gasteiger partial charge in [0.2, 0.25) is 5.91 Å². The molecule has 2 saturated carbocycles. The van der Waals surface area contributed by atoms with Crippen molar-refractivity contribution in [3.63, 3.8) is 0 Å². The van der Waals surface area contributed by atoms with Gasteiger partial charge in [0.15, 0.2) is 0 Å². The molecule has 1 amide bonds. The lowest BCUT2D eigenvalue weighted by Crippen LogP contribution is -2.42. The van der Waals surface area contributed by atoms with Crippen molar-refractivity contribution in [3.05, 3.63) is 0 Å². The molecule has 3 heteroatoms. The average Bonchev–Trinajstić information content (AvgIpc) is 2.48. The van der Waals surface area contributed by atoms with E-state index in [4.69, 9.17) is 5.11 Å². The molecular weight excluding hydrogens is 250 g/mol. The van der Waals surface area contributed by atoms with Crippen molar-refractivity contribution < 1.29 is 9.90 Å². The van der Waals surface area contributed by atoms with E-state index in [-0.39, 0.29) is 5.92 Å². The zero-order chi connectivity index (χ0) is 14.5. The molecule has 0 spiro atoms. The summed E-state index contributed by atoms with van der Waals surface area (Å²) in [5.74, 6) is 2.58. The summed E-state index contributed by atoms with van der Waals surface area (Å²) in [6.07, 6.45) is 8.76. The van der Waals surface area contributed by atoms with Gasteiger partial charge in [0, 0.05) is 18.6 Å². The van der Waals surface area contributed by atoms with Crippen LogP contribution in [0, 0.1) is 23.7 Å². The first kappa shape index (κ1) is 15.8. The first-order chi connectivity index (χ1) is 9.60. The lowest BCUT2D eigenvalue weighted by atomic mass is 9.76. The number of hydrogen-bond donors (Lipinski definition) is 2. The molecule has 0 aliphatic heterocycles. The maximum Gasteiger partial charge on any atom is 0.223 e. The van der Waals surface area contributed by atoms with Gasteiger partial charge in [0.25, 0.3) is 0 Å². The van der Waals surface area contributed by atoms with E-state index in [0.717, 1.165) is 50.4 Å². The molecule has 0 aromatic heterocycles. The molecular formula is C17H31NO2. The first-order valence-corrected chi connectivity index (χ1v) is 8.51. The van der Waals surface area contributed by atoms with Gasteiger partial charge in [-0.1, -0.05) is 13.8 Å². The van der Waals surface area contributed by atoms with Crippen molar-refractivity contribution in [2.45, 2.75) is 71.3 Å². The Morgan fingerprint density at radius 3 is 2.15 bits per heavy atom. The van der Waals surface area contributed by atoms with Gasteiger partial charge in [-0.15, -0.1) is 0 Å². The molecule has 116 valence electrons. The van der Waals surface area contributed by atoms with E-state index in [2.05, 4.69) is 19.2 Å². The fraction of sp³-hybridized carbons (Fsp3) is 0.941. The summed E-state index contributed by atoms with van der Waals surface area (Å²) >= 11 is 0. The topological polar surface area (TPSA) is 49.3 Å². The highest BCUT2D eigenvalue weighted by Gasteiger charge is 2.29. The lowest BCUT2D eigenvalue weighted by molar-refractivity contribution is -0.127. The number of nitrogens with one attached hydrogen (secondary N) is 1. The summed E-state index contributed by atoms with van der Waals surface area (Å²) in [7, 11) is 0. The zero-order valence-corrected chi connectivity index (χ0v) is 13.1. The number of hydrogen-bond acceptors (Lipinski definition) is 2. The summed E-state index contributed by atoms with van der Waals surface area (Å²) in [5, 5.41) is 12.4. The molecule has 0 aromatic rings. The van der Waals surface area contributed by atoms with Crippen LogP contribution in [-0.4, -0.2) is 23.7 Å². The van der Waals surface area contributed by atoms with Crippen molar-refractivity contribution in [1.82, 2.24) is 5.32 Å². The zero-order valence-electron chi connectivity index (χ0n) is 13.1. The van der Waals surface area contributed by atoms with Gasteiger partial charge in [-0.05, 0) is 69.1 Å². The van der Waals surface area contributed by atoms with E-state index in [1.54, 1.807) is 0 Å². The quantitative estimate of drug-likeness (QED) is 0.832. The Balaban J connectivity index is 1.71. The van der Waals surface area contributed by atoms with Crippen LogP contribution in [0.3, 0.4) is 0 Å². The van der Waals surface area contributed by atoms with E-state index < -0.39 is 0 Å². The van der Waals surface area contributed by atoms with E-state index in [9.17, 15) is 4.79 Å². The maximum atomic E-state index is 12.3. The minimum Gasteiger partial charge on any atom is -0.396 e. The molecule has 2 fully saturated rings. The lowest BCUT2D eigenvalue weighted by Gasteiger charge is -2.33. The van der Waals surface area contributed by atoms with Gasteiger partial charge >= 0.3 is 0 Å². The number of aliphatic hydroxyl groups excluding tert-OH is 1. The van der Waals surface area contributed by atoms with Crippen LogP contribution in [0.5, 0.6) is 0 Å². The predicted molar refractivity (Wildman–Crippen MR) is 81.3 cm³/mol. The van der Waals surface area contributed by atoms with Gasteiger partial charge in [-0.25, -0.2) is 0 Å². The van der Waals surface area contributed by atoms with Gasteiger partial charge < -0.3 is 10.4 Å². The molecule has 2 aliphatic rings. The smallest absolute Gasteiger partial charge is 0.223 e. The highest BCUT2D eigenvalue weighted by molar-refractivity contribution is 5.79. The molecule has 0 bridgehead atoms. The molecule has 3 nitrogen and oxygen atoms in total. The van der Waals surface area contributed by atoms with Gasteiger partial charge in [0.1, 0.15) is 0 Å². The normalized spacial score (nSPS) is 35.0. The third kappa shape index (κ3) is 4.21. The van der Waals surface area contributed by atoms with E-state index in [1.165, 1.54) is 12.8 Å². The largest absolute Gasteiger partial charge is 0.396 e. The molecule has 0 heterocycles. The van der Waals surface area contributed by atoms with Crippen molar-refractivity contribution in [2.24, 2.45) is 23.7 Å². The molecule has 2 N–H and O–H groups in total. The van der Waals surface area contributed by atoms with Crippen molar-refractivity contribution in [3.8, 4) is 0 Å². The van der Waals surface area contributed by atoms with Crippen LogP contribution >= 0.6 is 0 Å². The Hall–Kier alpha value is -0.570. The summed E-state index contributed by atoms with van der Waals surface area (Å²) in [6.45, 7) is 4.90. The van der Waals surface area contributed by atoms with Crippen molar-refractivity contribution in [2.75, 3.05) is 6.61 Å². The molecule has 0 saturated heterocycles. The summed E-state index contributed by atoms with van der Waals surface area (Å²) in [5.41, 5.74) is 0. The van der Waals surface area contributed by atoms with Crippen molar-refractivity contribution >= 4 is 5.91 Å². The van der Waals surface area contributed by atoms with Gasteiger partial charge in [0.05, 0.1) is 0 Å². The van der Waals surface area contributed by atoms with Gasteiger partial charge in [-0.3, -0.25) is 4.79 Å². The van der Waals surface area contributed by atoms with E-state index in [1.807, 2.05) is 0 Å². The van der Waals surface area contributed by atoms with Crippen LogP contribution in [0.4, 0.5) is 0 Å². The van der Waals surface area contributed by atoms with Crippen LogP contribution in [0.15, 0.2) is 0 Å². The number of carbonyl (C=O) groups excluding carboxylic acids is 1. The average molecular weight is 281 g/mol. The fourth-order valence-electron chi connectivity index (χ4n) is 3.86. The highest BCUT2D eigenvalue weighted by Crippen LogP contribution is 2.33. The van der Waals surface area contributed by atoms with Gasteiger partial charge in [-0.2, -0.15) is 0 Å². The molecule has 0 unspecified atom stereocenters. The standard InChI is InChI=1S/C17H31NO2/c1-12(2)14-5-7-15(8-6-14)17(20)18-16-9-3-13(11-19)4-10-16/h12-16,19H,3-11H2,1-2H3,(H,18,20). The van der Waals surface area contributed by atoms with E-state index >= 15 is 0 Å². The first-order valence-electron chi connectivity index (χ1n) is 8.51. The monoisotopic (exact) mass is 281 g/mol. The highest BCUT2D eigenvalue weighted by atomic mass is 16.3. The molecule has 0 radical (unpaired) electrons. The molecule has 0 aromatic carbocycles. The Bertz CT molecular complexity index is 300. The Morgan fingerprint density at radius 2 is 1.65 bits per heavy atom. The Labute approximate surface area is 123 Å². The number of carbonyl (C=O) groups is 1. The second-order valence-corrected chi connectivity index (χ2v) is 7.26. The summed E-state index contributed by atoms with van der Waals surface area (Å²) in [4.78, 5) is 12.3. The number of rotatable bonds is 4. The third-order valence-electron chi connectivity index (χ3n) is 5.54. The number of aliphatic hydroxyl groups is 1. The Kier molecular flexibility index (Phi) is 5.88. The third-order valence-corrected chi connectivity index (χ3v) is 5.54. The molecule has 0 atom stereocenters. The SMILES string of the molecule is CC(C)C1CCC(C(=O)NC2CCC(CO)CC2)CC1. The second-order valence-electron chi connectivity index (χ2n) is 7.26. The van der Waals surface area contributed by atoms with Crippen molar-refractivity contribution in [1.29, 1.82) is 0 Å². The number of amides is 1. The van der Waals surface area contributed by atoms with Crippen LogP contribution < -0.4 is 5.32 Å². The Morgan fingerprint density at radius 1 is 1.05 bits per heavy atom. The predicted octanol–water partition coefficient (Wildman–Crippen LogP) is 3.12. The minimum absolute atomic E-state index is 0.251. The van der Waals surface area contributed by atoms with Crippen LogP contribution in [0.1, 0.15) is 65.2 Å². The molecule has 2 rings (SSSR count). The molecule has 20 heavy (non-hydrogen) atoms. The summed E-state index contributed by atoms with van der Waals surface area (Å²) < 4.78 is 0. The minimum atomic E-state index is 0.251. The molecule has 2 aliphatic carbocycles.